The average molecular weight is 477 g/mol. The van der Waals surface area contributed by atoms with Crippen molar-refractivity contribution in [1.29, 1.82) is 0 Å². The highest BCUT2D eigenvalue weighted by atomic mass is 19.3. The number of halogens is 5. The first-order valence-corrected chi connectivity index (χ1v) is 10.1. The Bertz CT molecular complexity index is 1530. The molecule has 1 unspecified atom stereocenters. The number of likely N-dealkylation sites (N-methyl/N-ethyl adjacent to an activating group) is 1. The molecule has 0 fully saturated rings. The molecule has 176 valence electrons. The van der Waals surface area contributed by atoms with Crippen LogP contribution in [0.4, 0.5) is 22.0 Å². The molecule has 4 aromatic rings. The number of amides is 1. The van der Waals surface area contributed by atoms with E-state index in [0.717, 1.165) is 24.3 Å². The van der Waals surface area contributed by atoms with Crippen LogP contribution in [-0.2, 0) is 11.3 Å². The molecule has 0 radical (unpaired) electrons. The van der Waals surface area contributed by atoms with E-state index in [-0.39, 0.29) is 40.6 Å². The van der Waals surface area contributed by atoms with Crippen LogP contribution in [0.3, 0.4) is 0 Å². The molecule has 0 aliphatic carbocycles. The van der Waals surface area contributed by atoms with E-state index < -0.39 is 46.9 Å². The number of fused-ring (bicyclic) bond motifs is 4. The number of ether oxygens (including phenoxy) is 1. The van der Waals surface area contributed by atoms with Gasteiger partial charge in [0.15, 0.2) is 11.6 Å². The van der Waals surface area contributed by atoms with Crippen LogP contribution in [0.2, 0.25) is 0 Å². The summed E-state index contributed by atoms with van der Waals surface area (Å²) in [4.78, 5) is 32.2. The van der Waals surface area contributed by atoms with Crippen molar-refractivity contribution in [2.45, 2.75) is 19.1 Å². The van der Waals surface area contributed by atoms with Crippen LogP contribution >= 0.6 is 0 Å². The predicted molar refractivity (Wildman–Crippen MR) is 112 cm³/mol. The van der Waals surface area contributed by atoms with Gasteiger partial charge in [-0.25, -0.2) is 22.0 Å². The zero-order valence-electron chi connectivity index (χ0n) is 17.5. The fourth-order valence-electron chi connectivity index (χ4n) is 4.33. The zero-order chi connectivity index (χ0) is 24.3. The standard InChI is InChI=1S/C23H16F5N3O3/c1-31(23(33)17-3-9-2-13(24)12(21(27)28)6-16(9)29-17)19-8-34-7-18-20(19)10-4-14(25)15(26)5-11(10)22(32)30-18/h2-6,19,21,29H,7-8H2,1H3,(H,30,32). The van der Waals surface area contributed by atoms with Gasteiger partial charge in [-0.1, -0.05) is 0 Å². The zero-order valence-corrected chi connectivity index (χ0v) is 17.5. The summed E-state index contributed by atoms with van der Waals surface area (Å²) in [6.45, 7) is -0.000124. The minimum absolute atomic E-state index is 0.000108. The van der Waals surface area contributed by atoms with Gasteiger partial charge in [-0.05, 0) is 35.7 Å². The average Bonchev–Trinajstić information content (AvgIpc) is 3.21. The Hall–Kier alpha value is -3.73. The number of carbonyl (C=O) groups excluding carboxylic acids is 1. The van der Waals surface area contributed by atoms with Crippen molar-refractivity contribution >= 4 is 27.6 Å². The largest absolute Gasteiger partial charge is 0.373 e. The fraction of sp³-hybridized carbons (Fsp3) is 0.217. The van der Waals surface area contributed by atoms with Crippen molar-refractivity contribution in [1.82, 2.24) is 14.9 Å². The molecule has 1 amide bonds. The van der Waals surface area contributed by atoms with Crippen molar-refractivity contribution < 1.29 is 31.5 Å². The molecule has 1 aliphatic heterocycles. The number of H-pyrrole nitrogens is 2. The molecule has 3 heterocycles. The summed E-state index contributed by atoms with van der Waals surface area (Å²) < 4.78 is 73.3. The molecule has 5 rings (SSSR count). The summed E-state index contributed by atoms with van der Waals surface area (Å²) in [7, 11) is 1.44. The lowest BCUT2D eigenvalue weighted by molar-refractivity contribution is 0.0333. The molecule has 2 aromatic heterocycles. The van der Waals surface area contributed by atoms with E-state index in [4.69, 9.17) is 4.74 Å². The Morgan fingerprint density at radius 2 is 1.74 bits per heavy atom. The first kappa shape index (κ1) is 22.1. The quantitative estimate of drug-likeness (QED) is 0.420. The topological polar surface area (TPSA) is 78.2 Å². The highest BCUT2D eigenvalue weighted by Crippen LogP contribution is 2.35. The summed E-state index contributed by atoms with van der Waals surface area (Å²) in [5, 5.41) is 0.295. The van der Waals surface area contributed by atoms with Gasteiger partial charge in [-0.2, -0.15) is 0 Å². The van der Waals surface area contributed by atoms with Gasteiger partial charge >= 0.3 is 0 Å². The van der Waals surface area contributed by atoms with E-state index in [1.165, 1.54) is 18.0 Å². The van der Waals surface area contributed by atoms with Crippen LogP contribution in [-0.4, -0.2) is 34.4 Å². The Morgan fingerprint density at radius 3 is 2.44 bits per heavy atom. The summed E-state index contributed by atoms with van der Waals surface area (Å²) in [5.41, 5.74) is -0.542. The minimum Gasteiger partial charge on any atom is -0.373 e. The van der Waals surface area contributed by atoms with Crippen molar-refractivity contribution in [3.8, 4) is 0 Å². The van der Waals surface area contributed by atoms with E-state index in [0.29, 0.717) is 11.3 Å². The molecule has 0 saturated carbocycles. The van der Waals surface area contributed by atoms with Gasteiger partial charge in [-0.15, -0.1) is 0 Å². The smallest absolute Gasteiger partial charge is 0.270 e. The molecule has 0 spiro atoms. The Balaban J connectivity index is 1.58. The number of nitrogens with zero attached hydrogens (tertiary/aromatic N) is 1. The van der Waals surface area contributed by atoms with E-state index >= 15 is 0 Å². The lowest BCUT2D eigenvalue weighted by atomic mass is 9.95. The summed E-state index contributed by atoms with van der Waals surface area (Å²) in [6, 6.07) is 4.11. The normalized spacial score (nSPS) is 15.8. The van der Waals surface area contributed by atoms with Gasteiger partial charge in [-0.3, -0.25) is 9.59 Å². The second-order valence-corrected chi connectivity index (χ2v) is 8.05. The Morgan fingerprint density at radius 1 is 1.03 bits per heavy atom. The van der Waals surface area contributed by atoms with E-state index in [9.17, 15) is 31.5 Å². The molecule has 0 bridgehead atoms. The molecular formula is C23H16F5N3O3. The SMILES string of the molecule is CN(C(=O)c1cc2cc(F)c(C(F)F)cc2[nH]1)C1COCc2[nH]c(=O)c3cc(F)c(F)cc3c21. The number of aromatic amines is 2. The van der Waals surface area contributed by atoms with Crippen molar-refractivity contribution in [3.05, 3.63) is 80.7 Å². The number of nitrogens with one attached hydrogen (secondary N) is 2. The van der Waals surface area contributed by atoms with Gasteiger partial charge < -0.3 is 19.6 Å². The van der Waals surface area contributed by atoms with E-state index in [1.54, 1.807) is 0 Å². The van der Waals surface area contributed by atoms with Crippen LogP contribution in [0.5, 0.6) is 0 Å². The Labute approximate surface area is 187 Å². The predicted octanol–water partition coefficient (Wildman–Crippen LogP) is 4.71. The third kappa shape index (κ3) is 3.43. The third-order valence-electron chi connectivity index (χ3n) is 6.03. The van der Waals surface area contributed by atoms with Crippen LogP contribution in [0.1, 0.15) is 39.8 Å². The molecule has 6 nitrogen and oxygen atoms in total. The maximum absolute atomic E-state index is 14.1. The summed E-state index contributed by atoms with van der Waals surface area (Å²) in [6.07, 6.45) is -3.02. The minimum atomic E-state index is -3.02. The molecular weight excluding hydrogens is 461 g/mol. The first-order chi connectivity index (χ1) is 16.2. The molecule has 1 aliphatic rings. The number of benzene rings is 2. The lowest BCUT2D eigenvalue weighted by Gasteiger charge is -2.33. The van der Waals surface area contributed by atoms with Gasteiger partial charge in [0.05, 0.1) is 30.2 Å². The number of hydrogen-bond donors (Lipinski definition) is 2. The maximum Gasteiger partial charge on any atom is 0.270 e. The second-order valence-electron chi connectivity index (χ2n) is 8.05. The molecule has 0 saturated heterocycles. The van der Waals surface area contributed by atoms with E-state index in [1.807, 2.05) is 0 Å². The molecule has 2 N–H and O–H groups in total. The number of pyridine rings is 1. The molecule has 1 atom stereocenters. The number of hydrogen-bond acceptors (Lipinski definition) is 3. The van der Waals surface area contributed by atoms with Crippen LogP contribution in [0, 0.1) is 17.5 Å². The number of carbonyl (C=O) groups is 1. The monoisotopic (exact) mass is 477 g/mol. The van der Waals surface area contributed by atoms with Gasteiger partial charge in [0.25, 0.3) is 17.9 Å². The summed E-state index contributed by atoms with van der Waals surface area (Å²) in [5.74, 6) is -4.00. The second kappa shape index (κ2) is 7.94. The van der Waals surface area contributed by atoms with Gasteiger partial charge in [0.2, 0.25) is 0 Å². The van der Waals surface area contributed by atoms with Crippen LogP contribution in [0.15, 0.2) is 35.1 Å². The number of alkyl halides is 2. The molecule has 34 heavy (non-hydrogen) atoms. The third-order valence-corrected chi connectivity index (χ3v) is 6.03. The molecule has 2 aromatic carbocycles. The number of rotatable bonds is 3. The van der Waals surface area contributed by atoms with Crippen LogP contribution < -0.4 is 5.56 Å². The van der Waals surface area contributed by atoms with Crippen LogP contribution in [0.25, 0.3) is 21.7 Å². The highest BCUT2D eigenvalue weighted by Gasteiger charge is 2.32. The molecule has 11 heteroatoms. The maximum atomic E-state index is 14.1. The fourth-order valence-corrected chi connectivity index (χ4v) is 4.33. The van der Waals surface area contributed by atoms with Crippen molar-refractivity contribution in [3.63, 3.8) is 0 Å². The Kier molecular flexibility index (Phi) is 5.16. The van der Waals surface area contributed by atoms with Crippen molar-refractivity contribution in [2.24, 2.45) is 0 Å². The summed E-state index contributed by atoms with van der Waals surface area (Å²) >= 11 is 0. The van der Waals surface area contributed by atoms with Crippen molar-refractivity contribution in [2.75, 3.05) is 13.7 Å². The lowest BCUT2D eigenvalue weighted by Crippen LogP contribution is -2.37. The van der Waals surface area contributed by atoms with E-state index in [2.05, 4.69) is 9.97 Å². The van der Waals surface area contributed by atoms with Gasteiger partial charge in [0, 0.05) is 29.2 Å². The first-order valence-electron chi connectivity index (χ1n) is 10.1. The number of aromatic nitrogens is 2. The highest BCUT2D eigenvalue weighted by molar-refractivity contribution is 5.98. The van der Waals surface area contributed by atoms with Gasteiger partial charge in [0.1, 0.15) is 11.5 Å².